The van der Waals surface area contributed by atoms with Gasteiger partial charge in [-0.05, 0) is 130 Å². The van der Waals surface area contributed by atoms with E-state index in [-0.39, 0.29) is 5.41 Å². The first kappa shape index (κ1) is 31.3. The van der Waals surface area contributed by atoms with Crippen molar-refractivity contribution < 1.29 is 0 Å². The molecular weight excluding hydrogens is 637 g/mol. The molecule has 0 aromatic heterocycles. The summed E-state index contributed by atoms with van der Waals surface area (Å²) in [5.74, 6) is 0. The topological polar surface area (TPSA) is 0 Å². The summed E-state index contributed by atoms with van der Waals surface area (Å²) in [6.07, 6.45) is 0. The molecule has 0 spiro atoms. The van der Waals surface area contributed by atoms with Crippen molar-refractivity contribution in [1.29, 1.82) is 0 Å². The van der Waals surface area contributed by atoms with E-state index < -0.39 is 0 Å². The predicted molar refractivity (Wildman–Crippen MR) is 226 cm³/mol. The van der Waals surface area contributed by atoms with Gasteiger partial charge in [-0.1, -0.05) is 178 Å². The van der Waals surface area contributed by atoms with Gasteiger partial charge < -0.3 is 0 Å². The number of hydrogen-bond acceptors (Lipinski definition) is 0. The molecule has 0 fully saturated rings. The Morgan fingerprint density at radius 3 is 1.19 bits per heavy atom. The third kappa shape index (κ3) is 5.13. The van der Waals surface area contributed by atoms with Crippen molar-refractivity contribution in [2.75, 3.05) is 0 Å². The Balaban J connectivity index is 1.20. The van der Waals surface area contributed by atoms with Crippen molar-refractivity contribution >= 4 is 21.5 Å². The van der Waals surface area contributed by atoms with Crippen LogP contribution in [0.1, 0.15) is 25.0 Å². The minimum atomic E-state index is -0.0950. The molecule has 0 aliphatic heterocycles. The van der Waals surface area contributed by atoms with E-state index in [0.29, 0.717) is 0 Å². The van der Waals surface area contributed by atoms with Gasteiger partial charge in [0, 0.05) is 5.41 Å². The third-order valence-electron chi connectivity index (χ3n) is 11.4. The highest BCUT2D eigenvalue weighted by molar-refractivity contribution is 6.22. The zero-order chi connectivity index (χ0) is 35.5. The monoisotopic (exact) mass is 674 g/mol. The third-order valence-corrected chi connectivity index (χ3v) is 11.4. The normalized spacial score (nSPS) is 12.9. The van der Waals surface area contributed by atoms with Crippen molar-refractivity contribution in [3.05, 3.63) is 205 Å². The van der Waals surface area contributed by atoms with E-state index in [2.05, 4.69) is 208 Å². The minimum absolute atomic E-state index is 0.0950. The van der Waals surface area contributed by atoms with Crippen LogP contribution in [0.4, 0.5) is 0 Å². The molecule has 0 amide bonds. The van der Waals surface area contributed by atoms with Gasteiger partial charge in [0.1, 0.15) is 0 Å². The Labute approximate surface area is 311 Å². The molecule has 0 saturated heterocycles. The highest BCUT2D eigenvalue weighted by Crippen LogP contribution is 2.52. The van der Waals surface area contributed by atoms with Crippen molar-refractivity contribution in [2.45, 2.75) is 19.3 Å². The van der Waals surface area contributed by atoms with Crippen molar-refractivity contribution in [3.8, 4) is 66.8 Å². The van der Waals surface area contributed by atoms with Gasteiger partial charge in [0.25, 0.3) is 0 Å². The van der Waals surface area contributed by atoms with Crippen LogP contribution in [-0.4, -0.2) is 0 Å². The molecule has 9 aromatic carbocycles. The molecule has 0 atom stereocenters. The fraction of sp³-hybridized carbons (Fsp3) is 0.0566. The average molecular weight is 675 g/mol. The van der Waals surface area contributed by atoms with E-state index in [0.717, 1.165) is 0 Å². The van der Waals surface area contributed by atoms with Gasteiger partial charge in [0.05, 0.1) is 0 Å². The summed E-state index contributed by atoms with van der Waals surface area (Å²) in [5.41, 5.74) is 17.8. The lowest BCUT2D eigenvalue weighted by atomic mass is 9.80. The molecule has 0 unspecified atom stereocenters. The van der Waals surface area contributed by atoms with Gasteiger partial charge in [0.2, 0.25) is 0 Å². The zero-order valence-corrected chi connectivity index (χ0v) is 30.0. The lowest BCUT2D eigenvalue weighted by Gasteiger charge is -2.22. The molecule has 1 aliphatic carbocycles. The molecule has 10 rings (SSSR count). The summed E-state index contributed by atoms with van der Waals surface area (Å²) in [6.45, 7) is 4.75. The molecular formula is C53H38. The molecule has 0 radical (unpaired) electrons. The summed E-state index contributed by atoms with van der Waals surface area (Å²) in [6, 6.07) is 71.7. The van der Waals surface area contributed by atoms with E-state index in [1.54, 1.807) is 0 Å². The van der Waals surface area contributed by atoms with Crippen LogP contribution >= 0.6 is 0 Å². The summed E-state index contributed by atoms with van der Waals surface area (Å²) in [4.78, 5) is 0. The SMILES string of the molecule is CC1(C)c2ccc(-c3c4ccccc4c(-c4cc(-c5ccccc5)cc(-c5ccccc5)c4)c4ccccc34)cc2-c2ccc(-c3ccccc3)cc21. The molecule has 0 bridgehead atoms. The van der Waals surface area contributed by atoms with Gasteiger partial charge in [-0.15, -0.1) is 0 Å². The lowest BCUT2D eigenvalue weighted by molar-refractivity contribution is 0.660. The number of rotatable bonds is 5. The Bertz CT molecular complexity index is 2710. The van der Waals surface area contributed by atoms with E-state index in [1.807, 2.05) is 0 Å². The first-order valence-corrected chi connectivity index (χ1v) is 18.6. The molecule has 0 nitrogen and oxygen atoms in total. The number of fused-ring (bicyclic) bond motifs is 5. The van der Waals surface area contributed by atoms with Crippen molar-refractivity contribution in [2.24, 2.45) is 0 Å². The second-order valence-electron chi connectivity index (χ2n) is 14.9. The maximum Gasteiger partial charge on any atom is 0.0159 e. The maximum atomic E-state index is 2.46. The summed E-state index contributed by atoms with van der Waals surface area (Å²) >= 11 is 0. The van der Waals surface area contributed by atoms with Gasteiger partial charge in [0.15, 0.2) is 0 Å². The smallest absolute Gasteiger partial charge is 0.0159 e. The first-order valence-electron chi connectivity index (χ1n) is 18.6. The zero-order valence-electron chi connectivity index (χ0n) is 30.0. The second kappa shape index (κ2) is 12.3. The predicted octanol–water partition coefficient (Wildman–Crippen LogP) is 14.6. The molecule has 0 heteroatoms. The first-order chi connectivity index (χ1) is 26.0. The number of hydrogen-bond donors (Lipinski definition) is 0. The molecule has 1 aliphatic rings. The Morgan fingerprint density at radius 2 is 0.679 bits per heavy atom. The minimum Gasteiger partial charge on any atom is -0.0622 e. The molecule has 0 N–H and O–H groups in total. The van der Waals surface area contributed by atoms with Crippen LogP contribution in [0, 0.1) is 0 Å². The lowest BCUT2D eigenvalue weighted by Crippen LogP contribution is -2.15. The van der Waals surface area contributed by atoms with Crippen LogP contribution in [0.5, 0.6) is 0 Å². The molecule has 0 heterocycles. The van der Waals surface area contributed by atoms with Gasteiger partial charge in [-0.25, -0.2) is 0 Å². The standard InChI is InChI=1S/C53H38/c1-53(2)49-29-27-39(33-48(49)43-28-26-38(34-50(43)53)35-16-6-3-7-17-35)51-44-22-12-14-24-46(44)52(47-25-15-13-23-45(47)51)42-31-40(36-18-8-4-9-19-36)30-41(32-42)37-20-10-5-11-21-37/h3-34H,1-2H3. The quantitative estimate of drug-likeness (QED) is 0.159. The fourth-order valence-electron chi connectivity index (χ4n) is 8.84. The summed E-state index contributed by atoms with van der Waals surface area (Å²) in [7, 11) is 0. The van der Waals surface area contributed by atoms with Crippen molar-refractivity contribution in [1.82, 2.24) is 0 Å². The Hall–Kier alpha value is -6.50. The highest BCUT2D eigenvalue weighted by atomic mass is 14.4. The van der Waals surface area contributed by atoms with Crippen molar-refractivity contribution in [3.63, 3.8) is 0 Å². The fourth-order valence-corrected chi connectivity index (χ4v) is 8.84. The van der Waals surface area contributed by atoms with E-state index >= 15 is 0 Å². The highest BCUT2D eigenvalue weighted by Gasteiger charge is 2.36. The van der Waals surface area contributed by atoms with Gasteiger partial charge >= 0.3 is 0 Å². The van der Waals surface area contributed by atoms with Crippen LogP contribution in [0.15, 0.2) is 194 Å². The van der Waals surface area contributed by atoms with E-state index in [1.165, 1.54) is 99.4 Å². The largest absolute Gasteiger partial charge is 0.0622 e. The number of benzene rings is 9. The van der Waals surface area contributed by atoms with Gasteiger partial charge in [-0.3, -0.25) is 0 Å². The Kier molecular flexibility index (Phi) is 7.27. The molecule has 9 aromatic rings. The maximum absolute atomic E-state index is 2.46. The summed E-state index contributed by atoms with van der Waals surface area (Å²) in [5, 5.41) is 5.06. The van der Waals surface area contributed by atoms with Gasteiger partial charge in [-0.2, -0.15) is 0 Å². The van der Waals surface area contributed by atoms with Crippen LogP contribution in [0.3, 0.4) is 0 Å². The van der Waals surface area contributed by atoms with Crippen LogP contribution in [0.2, 0.25) is 0 Å². The molecule has 53 heavy (non-hydrogen) atoms. The average Bonchev–Trinajstić information content (AvgIpc) is 3.45. The van der Waals surface area contributed by atoms with E-state index in [9.17, 15) is 0 Å². The Morgan fingerprint density at radius 1 is 0.264 bits per heavy atom. The van der Waals surface area contributed by atoms with E-state index in [4.69, 9.17) is 0 Å². The van der Waals surface area contributed by atoms with Crippen LogP contribution in [0.25, 0.3) is 88.3 Å². The second-order valence-corrected chi connectivity index (χ2v) is 14.9. The summed E-state index contributed by atoms with van der Waals surface area (Å²) < 4.78 is 0. The molecule has 0 saturated carbocycles. The van der Waals surface area contributed by atoms with Crippen LogP contribution in [-0.2, 0) is 5.41 Å². The van der Waals surface area contributed by atoms with Crippen LogP contribution < -0.4 is 0 Å². The molecule has 250 valence electrons.